The van der Waals surface area contributed by atoms with Gasteiger partial charge in [-0.1, -0.05) is 43.6 Å². The molecule has 0 unspecified atom stereocenters. The van der Waals surface area contributed by atoms with Gasteiger partial charge in [-0.05, 0) is 35.6 Å². The number of anilines is 1. The molecule has 1 aromatic carbocycles. The highest BCUT2D eigenvalue weighted by atomic mass is 79.9. The van der Waals surface area contributed by atoms with E-state index in [0.717, 1.165) is 13.0 Å². The number of fused-ring (bicyclic) bond motifs is 1. The van der Waals surface area contributed by atoms with Crippen LogP contribution >= 0.6 is 15.9 Å². The average Bonchev–Trinajstić information content (AvgIpc) is 2.19. The lowest BCUT2D eigenvalue weighted by atomic mass is 9.82. The van der Waals surface area contributed by atoms with Gasteiger partial charge in [0, 0.05) is 16.7 Å². The summed E-state index contributed by atoms with van der Waals surface area (Å²) >= 11 is 3.50. The van der Waals surface area contributed by atoms with Crippen molar-refractivity contribution in [2.75, 3.05) is 11.9 Å². The predicted molar refractivity (Wildman–Crippen MR) is 71.5 cm³/mol. The summed E-state index contributed by atoms with van der Waals surface area (Å²) in [5, 5.41) is 3.46. The Kier molecular flexibility index (Phi) is 4.21. The second kappa shape index (κ2) is 5.02. The molecule has 1 aromatic rings. The molecule has 1 N–H and O–H groups in total. The molecule has 0 saturated heterocycles. The van der Waals surface area contributed by atoms with Gasteiger partial charge in [-0.2, -0.15) is 0 Å². The molecule has 0 saturated carbocycles. The largest absolute Gasteiger partial charge is 0.384 e. The first kappa shape index (κ1) is 12.6. The lowest BCUT2D eigenvalue weighted by molar-refractivity contribution is 0.379. The molecule has 0 spiro atoms. The fourth-order valence-electron chi connectivity index (χ4n) is 1.79. The van der Waals surface area contributed by atoms with E-state index >= 15 is 0 Å². The minimum absolute atomic E-state index is 0.383. The van der Waals surface area contributed by atoms with Gasteiger partial charge in [0.1, 0.15) is 0 Å². The van der Waals surface area contributed by atoms with Gasteiger partial charge in [0.15, 0.2) is 0 Å². The third-order valence-corrected chi connectivity index (χ3v) is 2.99. The Bertz CT molecular complexity index is 331. The summed E-state index contributed by atoms with van der Waals surface area (Å²) in [7, 11) is 0. The van der Waals surface area contributed by atoms with Crippen LogP contribution in [0, 0.1) is 5.41 Å². The van der Waals surface area contributed by atoms with Crippen LogP contribution in [0.1, 0.15) is 33.3 Å². The molecule has 2 heteroatoms. The number of hydrogen-bond acceptors (Lipinski definition) is 1. The van der Waals surface area contributed by atoms with E-state index in [1.165, 1.54) is 15.7 Å². The molecule has 1 heterocycles. The van der Waals surface area contributed by atoms with E-state index in [1.807, 2.05) is 13.8 Å². The average molecular weight is 270 g/mol. The van der Waals surface area contributed by atoms with Crippen molar-refractivity contribution in [3.8, 4) is 0 Å². The zero-order valence-corrected chi connectivity index (χ0v) is 11.6. The third kappa shape index (κ3) is 3.23. The zero-order chi connectivity index (χ0) is 11.5. The van der Waals surface area contributed by atoms with Crippen molar-refractivity contribution in [2.45, 2.75) is 34.1 Å². The fourth-order valence-corrected chi connectivity index (χ4v) is 2.20. The third-order valence-electron chi connectivity index (χ3n) is 2.49. The Morgan fingerprint density at radius 2 is 1.93 bits per heavy atom. The summed E-state index contributed by atoms with van der Waals surface area (Å²) in [5.74, 6) is 0. The molecule has 0 bridgehead atoms. The Balaban J connectivity index is 0.000000531. The maximum absolute atomic E-state index is 3.50. The minimum Gasteiger partial charge on any atom is -0.384 e. The molecule has 0 fully saturated rings. The summed E-state index contributed by atoms with van der Waals surface area (Å²) in [6, 6.07) is 6.45. The van der Waals surface area contributed by atoms with E-state index in [9.17, 15) is 0 Å². The highest BCUT2D eigenvalue weighted by Gasteiger charge is 2.24. The molecule has 1 nitrogen and oxygen atoms in total. The van der Waals surface area contributed by atoms with Crippen molar-refractivity contribution in [1.82, 2.24) is 0 Å². The van der Waals surface area contributed by atoms with Gasteiger partial charge in [0.25, 0.3) is 0 Å². The first-order valence-electron chi connectivity index (χ1n) is 5.59. The Hall–Kier alpha value is -0.500. The molecule has 15 heavy (non-hydrogen) atoms. The van der Waals surface area contributed by atoms with Gasteiger partial charge < -0.3 is 5.32 Å². The topological polar surface area (TPSA) is 12.0 Å². The smallest absolute Gasteiger partial charge is 0.0373 e. The molecule has 1 aliphatic rings. The lowest BCUT2D eigenvalue weighted by Crippen LogP contribution is -2.30. The van der Waals surface area contributed by atoms with E-state index in [4.69, 9.17) is 0 Å². The first-order chi connectivity index (χ1) is 7.07. The summed E-state index contributed by atoms with van der Waals surface area (Å²) < 4.78 is 1.17. The highest BCUT2D eigenvalue weighted by Crippen LogP contribution is 2.33. The Morgan fingerprint density at radius 1 is 1.27 bits per heavy atom. The monoisotopic (exact) mass is 269 g/mol. The summed E-state index contributed by atoms with van der Waals surface area (Å²) in [6.45, 7) is 9.66. The molecule has 0 aromatic heterocycles. The minimum atomic E-state index is 0.383. The molecule has 0 radical (unpaired) electrons. The van der Waals surface area contributed by atoms with Crippen LogP contribution in [-0.4, -0.2) is 6.54 Å². The number of hydrogen-bond donors (Lipinski definition) is 1. The number of rotatable bonds is 0. The van der Waals surface area contributed by atoms with E-state index in [1.54, 1.807) is 0 Å². The van der Waals surface area contributed by atoms with Crippen molar-refractivity contribution in [1.29, 1.82) is 0 Å². The van der Waals surface area contributed by atoms with Gasteiger partial charge in [-0.3, -0.25) is 0 Å². The van der Waals surface area contributed by atoms with Crippen LogP contribution in [0.3, 0.4) is 0 Å². The predicted octanol–water partition coefficient (Wildman–Crippen LogP) is 4.47. The van der Waals surface area contributed by atoms with Gasteiger partial charge in [-0.15, -0.1) is 0 Å². The van der Waals surface area contributed by atoms with Crippen LogP contribution < -0.4 is 5.32 Å². The van der Waals surface area contributed by atoms with Crippen LogP contribution in [0.4, 0.5) is 5.69 Å². The van der Waals surface area contributed by atoms with Gasteiger partial charge in [0.05, 0.1) is 0 Å². The molecule has 84 valence electrons. The Labute approximate surface area is 101 Å². The van der Waals surface area contributed by atoms with E-state index < -0.39 is 0 Å². The number of benzene rings is 1. The summed E-state index contributed by atoms with van der Waals surface area (Å²) in [5.41, 5.74) is 3.10. The maximum atomic E-state index is 3.50. The quantitative estimate of drug-likeness (QED) is 0.733. The molecule has 0 amide bonds. The van der Waals surface area contributed by atoms with Gasteiger partial charge in [0.2, 0.25) is 0 Å². The van der Waals surface area contributed by atoms with Gasteiger partial charge in [-0.25, -0.2) is 0 Å². The summed E-state index contributed by atoms with van der Waals surface area (Å²) in [4.78, 5) is 0. The molecular formula is C13H20BrN. The van der Waals surface area contributed by atoms with E-state index in [-0.39, 0.29) is 0 Å². The maximum Gasteiger partial charge on any atom is 0.0373 e. The molecule has 0 aliphatic carbocycles. The van der Waals surface area contributed by atoms with Crippen LogP contribution in [0.25, 0.3) is 0 Å². The lowest BCUT2D eigenvalue weighted by Gasteiger charge is -2.32. The summed E-state index contributed by atoms with van der Waals surface area (Å²) in [6.07, 6.45) is 1.16. The zero-order valence-electron chi connectivity index (χ0n) is 10.0. The molecule has 0 atom stereocenters. The van der Waals surface area contributed by atoms with Gasteiger partial charge >= 0.3 is 0 Å². The standard InChI is InChI=1S/C11H14BrN.C2H6/c1-11(2)6-8-5-9(12)3-4-10(8)13-7-11;1-2/h3-5,13H,6-7H2,1-2H3;1-2H3. The molecular weight excluding hydrogens is 250 g/mol. The van der Waals surface area contributed by atoms with Crippen molar-refractivity contribution in [2.24, 2.45) is 5.41 Å². The van der Waals surface area contributed by atoms with Crippen LogP contribution in [0.5, 0.6) is 0 Å². The van der Waals surface area contributed by atoms with Crippen LogP contribution in [-0.2, 0) is 6.42 Å². The number of nitrogens with one attached hydrogen (secondary N) is 1. The van der Waals surface area contributed by atoms with E-state index in [2.05, 4.69) is 53.3 Å². The Morgan fingerprint density at radius 3 is 2.60 bits per heavy atom. The number of halogens is 1. The first-order valence-corrected chi connectivity index (χ1v) is 6.38. The van der Waals surface area contributed by atoms with Crippen molar-refractivity contribution < 1.29 is 0 Å². The highest BCUT2D eigenvalue weighted by molar-refractivity contribution is 9.10. The normalized spacial score (nSPS) is 16.9. The fraction of sp³-hybridized carbons (Fsp3) is 0.538. The second-order valence-corrected chi connectivity index (χ2v) is 5.41. The van der Waals surface area contributed by atoms with Crippen molar-refractivity contribution in [3.05, 3.63) is 28.2 Å². The van der Waals surface area contributed by atoms with Crippen molar-refractivity contribution >= 4 is 21.6 Å². The van der Waals surface area contributed by atoms with Crippen molar-refractivity contribution in [3.63, 3.8) is 0 Å². The second-order valence-electron chi connectivity index (χ2n) is 4.50. The van der Waals surface area contributed by atoms with Crippen LogP contribution in [0.2, 0.25) is 0 Å². The molecule has 1 aliphatic heterocycles. The molecule has 2 rings (SSSR count). The SMILES string of the molecule is CC.CC1(C)CNc2ccc(Br)cc2C1. The van der Waals surface area contributed by atoms with Crippen LogP contribution in [0.15, 0.2) is 22.7 Å². The van der Waals surface area contributed by atoms with E-state index in [0.29, 0.717) is 5.41 Å².